The number of benzene rings is 1. The Hall–Kier alpha value is -1.08. The van der Waals surface area contributed by atoms with Gasteiger partial charge in [-0.05, 0) is 37.0 Å². The third-order valence-corrected chi connectivity index (χ3v) is 3.79. The molecule has 18 heavy (non-hydrogen) atoms. The van der Waals surface area contributed by atoms with Crippen molar-refractivity contribution in [2.45, 2.75) is 26.0 Å². The number of rotatable bonds is 4. The number of hydrogen-bond donors (Lipinski definition) is 1. The van der Waals surface area contributed by atoms with Crippen LogP contribution in [0.2, 0.25) is 5.02 Å². The summed E-state index contributed by atoms with van der Waals surface area (Å²) in [6, 6.07) is 7.49. The second-order valence-electron chi connectivity index (χ2n) is 4.67. The van der Waals surface area contributed by atoms with Crippen LogP contribution >= 0.6 is 11.6 Å². The predicted molar refractivity (Wildman–Crippen MR) is 71.4 cm³/mol. The third-order valence-electron chi connectivity index (χ3n) is 3.44. The zero-order chi connectivity index (χ0) is 13.0. The normalized spacial score (nSPS) is 22.9. The van der Waals surface area contributed by atoms with Gasteiger partial charge in [0.25, 0.3) is 0 Å². The molecule has 1 aliphatic heterocycles. The highest BCUT2D eigenvalue weighted by molar-refractivity contribution is 6.31. The van der Waals surface area contributed by atoms with E-state index in [0.717, 1.165) is 31.7 Å². The molecule has 0 aromatic heterocycles. The lowest BCUT2D eigenvalue weighted by atomic mass is 10.0. The first-order chi connectivity index (χ1) is 8.70. The zero-order valence-corrected chi connectivity index (χ0v) is 11.2. The van der Waals surface area contributed by atoms with E-state index in [1.54, 1.807) is 12.1 Å². The molecule has 0 bridgehead atoms. The van der Waals surface area contributed by atoms with Crippen LogP contribution in [-0.2, 0) is 11.3 Å². The number of hydrogen-bond acceptors (Lipinski definition) is 3. The molecule has 1 aromatic carbocycles. The average Bonchev–Trinajstić information content (AvgIpc) is 2.77. The molecule has 0 amide bonds. The maximum Gasteiger partial charge on any atom is 0.0992 e. The standard InChI is InChI=1S/C14H17ClN2O/c1-10-12(4-5-18-10)8-17-9-13-3-2-11(7-16)6-14(13)15/h2-3,6,10,12,17H,4-5,8-9H2,1H3. The molecule has 2 atom stereocenters. The van der Waals surface area contributed by atoms with Crippen LogP contribution in [0.15, 0.2) is 18.2 Å². The summed E-state index contributed by atoms with van der Waals surface area (Å²) in [6.45, 7) is 4.66. The molecule has 0 spiro atoms. The SMILES string of the molecule is CC1OCCC1CNCc1ccc(C#N)cc1Cl. The van der Waals surface area contributed by atoms with Gasteiger partial charge in [-0.3, -0.25) is 0 Å². The van der Waals surface area contributed by atoms with Gasteiger partial charge < -0.3 is 10.1 Å². The molecule has 1 fully saturated rings. The van der Waals surface area contributed by atoms with Crippen molar-refractivity contribution >= 4 is 11.6 Å². The number of nitrogens with one attached hydrogen (secondary N) is 1. The molecule has 4 heteroatoms. The van der Waals surface area contributed by atoms with E-state index in [4.69, 9.17) is 21.6 Å². The predicted octanol–water partition coefficient (Wildman–Crippen LogP) is 2.73. The van der Waals surface area contributed by atoms with E-state index in [0.29, 0.717) is 22.6 Å². The summed E-state index contributed by atoms with van der Waals surface area (Å²) in [5.74, 6) is 0.585. The van der Waals surface area contributed by atoms with Crippen LogP contribution in [0.4, 0.5) is 0 Å². The highest BCUT2D eigenvalue weighted by atomic mass is 35.5. The van der Waals surface area contributed by atoms with Crippen molar-refractivity contribution in [3.63, 3.8) is 0 Å². The molecule has 3 nitrogen and oxygen atoms in total. The van der Waals surface area contributed by atoms with Gasteiger partial charge in [0.2, 0.25) is 0 Å². The minimum atomic E-state index is 0.342. The van der Waals surface area contributed by atoms with E-state index in [2.05, 4.69) is 18.3 Å². The summed E-state index contributed by atoms with van der Waals surface area (Å²) in [4.78, 5) is 0. The van der Waals surface area contributed by atoms with Gasteiger partial charge >= 0.3 is 0 Å². The molecule has 1 saturated heterocycles. The highest BCUT2D eigenvalue weighted by Gasteiger charge is 2.23. The molecule has 0 radical (unpaired) electrons. The lowest BCUT2D eigenvalue weighted by Gasteiger charge is -2.15. The fraction of sp³-hybridized carbons (Fsp3) is 0.500. The lowest BCUT2D eigenvalue weighted by Crippen LogP contribution is -2.26. The molecule has 1 heterocycles. The fourth-order valence-electron chi connectivity index (χ4n) is 2.20. The summed E-state index contributed by atoms with van der Waals surface area (Å²) in [5.41, 5.74) is 1.63. The van der Waals surface area contributed by atoms with Crippen LogP contribution in [0.5, 0.6) is 0 Å². The molecule has 1 aliphatic rings. The van der Waals surface area contributed by atoms with E-state index in [1.165, 1.54) is 0 Å². The lowest BCUT2D eigenvalue weighted by molar-refractivity contribution is 0.105. The summed E-state index contributed by atoms with van der Waals surface area (Å²) >= 11 is 6.12. The second-order valence-corrected chi connectivity index (χ2v) is 5.08. The van der Waals surface area contributed by atoms with Gasteiger partial charge in [0.1, 0.15) is 0 Å². The van der Waals surface area contributed by atoms with E-state index in [-0.39, 0.29) is 0 Å². The Morgan fingerprint density at radius 3 is 3.00 bits per heavy atom. The summed E-state index contributed by atoms with van der Waals surface area (Å²) in [5, 5.41) is 12.8. The monoisotopic (exact) mass is 264 g/mol. The van der Waals surface area contributed by atoms with E-state index < -0.39 is 0 Å². The van der Waals surface area contributed by atoms with Crippen LogP contribution in [-0.4, -0.2) is 19.3 Å². The van der Waals surface area contributed by atoms with Crippen LogP contribution in [0, 0.1) is 17.2 Å². The zero-order valence-electron chi connectivity index (χ0n) is 10.4. The van der Waals surface area contributed by atoms with Crippen molar-refractivity contribution in [2.75, 3.05) is 13.2 Å². The number of halogens is 1. The van der Waals surface area contributed by atoms with Gasteiger partial charge in [0.15, 0.2) is 0 Å². The van der Waals surface area contributed by atoms with Crippen LogP contribution in [0.1, 0.15) is 24.5 Å². The first kappa shape index (κ1) is 13.4. The highest BCUT2D eigenvalue weighted by Crippen LogP contribution is 2.20. The quantitative estimate of drug-likeness (QED) is 0.910. The van der Waals surface area contributed by atoms with Gasteiger partial charge in [-0.2, -0.15) is 5.26 Å². The summed E-state index contributed by atoms with van der Waals surface area (Å²) < 4.78 is 5.52. The first-order valence-electron chi connectivity index (χ1n) is 6.21. The molecule has 0 saturated carbocycles. The number of nitrogens with zero attached hydrogens (tertiary/aromatic N) is 1. The van der Waals surface area contributed by atoms with Crippen molar-refractivity contribution in [2.24, 2.45) is 5.92 Å². The topological polar surface area (TPSA) is 45.0 Å². The summed E-state index contributed by atoms with van der Waals surface area (Å²) in [7, 11) is 0. The van der Waals surface area contributed by atoms with Gasteiger partial charge in [-0.15, -0.1) is 0 Å². The van der Waals surface area contributed by atoms with Gasteiger partial charge in [-0.1, -0.05) is 17.7 Å². The summed E-state index contributed by atoms with van der Waals surface area (Å²) in [6.07, 6.45) is 1.46. The molecule has 2 rings (SSSR count). The Morgan fingerprint density at radius 2 is 2.39 bits per heavy atom. The molecular formula is C14H17ClN2O. The molecule has 1 N–H and O–H groups in total. The largest absolute Gasteiger partial charge is 0.378 e. The smallest absolute Gasteiger partial charge is 0.0992 e. The van der Waals surface area contributed by atoms with E-state index in [1.807, 2.05) is 6.07 Å². The second kappa shape index (κ2) is 6.19. The van der Waals surface area contributed by atoms with E-state index >= 15 is 0 Å². The third kappa shape index (κ3) is 3.23. The van der Waals surface area contributed by atoms with Gasteiger partial charge in [0.05, 0.1) is 17.7 Å². The van der Waals surface area contributed by atoms with Gasteiger partial charge in [-0.25, -0.2) is 0 Å². The van der Waals surface area contributed by atoms with Crippen molar-refractivity contribution in [1.82, 2.24) is 5.32 Å². The van der Waals surface area contributed by atoms with Gasteiger partial charge in [0, 0.05) is 24.7 Å². The molecule has 96 valence electrons. The Balaban J connectivity index is 1.85. The van der Waals surface area contributed by atoms with Crippen LogP contribution in [0.3, 0.4) is 0 Å². The maximum absolute atomic E-state index is 8.76. The molecule has 2 unspecified atom stereocenters. The first-order valence-corrected chi connectivity index (χ1v) is 6.59. The minimum absolute atomic E-state index is 0.342. The molecular weight excluding hydrogens is 248 g/mol. The van der Waals surface area contributed by atoms with Crippen LogP contribution in [0.25, 0.3) is 0 Å². The Labute approximate surface area is 113 Å². The van der Waals surface area contributed by atoms with Crippen molar-refractivity contribution in [3.05, 3.63) is 34.3 Å². The minimum Gasteiger partial charge on any atom is -0.378 e. The van der Waals surface area contributed by atoms with Crippen molar-refractivity contribution in [1.29, 1.82) is 5.26 Å². The maximum atomic E-state index is 8.76. The molecule has 1 aromatic rings. The Kier molecular flexibility index (Phi) is 4.60. The average molecular weight is 265 g/mol. The fourth-order valence-corrected chi connectivity index (χ4v) is 2.44. The van der Waals surface area contributed by atoms with E-state index in [9.17, 15) is 0 Å². The number of nitriles is 1. The van der Waals surface area contributed by atoms with Crippen molar-refractivity contribution < 1.29 is 4.74 Å². The van der Waals surface area contributed by atoms with Crippen LogP contribution < -0.4 is 5.32 Å². The Morgan fingerprint density at radius 1 is 1.56 bits per heavy atom. The van der Waals surface area contributed by atoms with Crippen molar-refractivity contribution in [3.8, 4) is 6.07 Å². The molecule has 0 aliphatic carbocycles. The Bertz CT molecular complexity index is 456. The number of ether oxygens (including phenoxy) is 1.